The van der Waals surface area contributed by atoms with Gasteiger partial charge in [0.15, 0.2) is 6.10 Å². The molecule has 0 saturated heterocycles. The van der Waals surface area contributed by atoms with Gasteiger partial charge in [-0.25, -0.2) is 0 Å². The average Bonchev–Trinajstić information content (AvgIpc) is 3.39. The molecule has 0 bridgehead atoms. The minimum atomic E-state index is -0.781. The highest BCUT2D eigenvalue weighted by Crippen LogP contribution is 2.16. The van der Waals surface area contributed by atoms with Crippen LogP contribution in [0.2, 0.25) is 0 Å². The lowest BCUT2D eigenvalue weighted by atomic mass is 10.1. The summed E-state index contributed by atoms with van der Waals surface area (Å²) in [5.41, 5.74) is 0. The fraction of sp³-hybridized carbons (Fsp3) is 0.806. The maximum absolute atomic E-state index is 12.9. The number of rotatable bonds is 58. The summed E-state index contributed by atoms with van der Waals surface area (Å²) >= 11 is 0. The van der Waals surface area contributed by atoms with Gasteiger partial charge in [0.05, 0.1) is 0 Å². The first-order valence-corrected chi connectivity index (χ1v) is 31.8. The molecule has 0 heterocycles. The third-order valence-corrected chi connectivity index (χ3v) is 14.0. The van der Waals surface area contributed by atoms with Gasteiger partial charge in [-0.1, -0.05) is 261 Å². The van der Waals surface area contributed by atoms with Crippen molar-refractivity contribution < 1.29 is 28.6 Å². The van der Waals surface area contributed by atoms with Gasteiger partial charge in [-0.05, 0) is 109 Å². The van der Waals surface area contributed by atoms with E-state index < -0.39 is 6.10 Å². The van der Waals surface area contributed by atoms with Crippen LogP contribution >= 0.6 is 0 Å². The summed E-state index contributed by atoms with van der Waals surface area (Å²) in [5.74, 6) is -0.873. The van der Waals surface area contributed by atoms with E-state index in [9.17, 15) is 14.4 Å². The lowest BCUT2D eigenvalue weighted by molar-refractivity contribution is -0.167. The summed E-state index contributed by atoms with van der Waals surface area (Å²) in [6, 6.07) is 0. The molecule has 0 rings (SSSR count). The Morgan fingerprint density at radius 3 is 0.795 bits per heavy atom. The first-order valence-electron chi connectivity index (χ1n) is 31.8. The third kappa shape index (κ3) is 59.9. The Morgan fingerprint density at radius 2 is 0.493 bits per heavy atom. The zero-order valence-electron chi connectivity index (χ0n) is 48.7. The van der Waals surface area contributed by atoms with Gasteiger partial charge in [0.1, 0.15) is 13.2 Å². The molecule has 0 atom stereocenters. The van der Waals surface area contributed by atoms with Crippen LogP contribution in [0.5, 0.6) is 0 Å². The van der Waals surface area contributed by atoms with E-state index in [4.69, 9.17) is 14.2 Å². The van der Waals surface area contributed by atoms with Crippen LogP contribution in [0.25, 0.3) is 0 Å². The molecule has 0 amide bonds. The van der Waals surface area contributed by atoms with E-state index in [1.54, 1.807) is 0 Å². The number of esters is 3. The number of ether oxygens (including phenoxy) is 3. The molecular formula is C67H120O6. The smallest absolute Gasteiger partial charge is 0.306 e. The molecule has 0 aliphatic carbocycles. The van der Waals surface area contributed by atoms with Gasteiger partial charge >= 0.3 is 17.9 Å². The van der Waals surface area contributed by atoms with Crippen molar-refractivity contribution in [1.29, 1.82) is 0 Å². The Bertz CT molecular complexity index is 1240. The fourth-order valence-corrected chi connectivity index (χ4v) is 9.15. The predicted octanol–water partition coefficient (Wildman–Crippen LogP) is 21.6. The highest BCUT2D eigenvalue weighted by atomic mass is 16.6. The van der Waals surface area contributed by atoms with Crippen LogP contribution in [0.3, 0.4) is 0 Å². The van der Waals surface area contributed by atoms with Crippen molar-refractivity contribution >= 4 is 17.9 Å². The molecular weight excluding hydrogens is 901 g/mol. The fourth-order valence-electron chi connectivity index (χ4n) is 9.15. The third-order valence-electron chi connectivity index (χ3n) is 14.0. The maximum atomic E-state index is 12.9. The summed E-state index contributed by atoms with van der Waals surface area (Å²) in [6.07, 6.45) is 77.8. The molecule has 0 aliphatic rings. The van der Waals surface area contributed by atoms with Crippen LogP contribution in [0.1, 0.15) is 329 Å². The molecule has 73 heavy (non-hydrogen) atoms. The van der Waals surface area contributed by atoms with Gasteiger partial charge in [0.25, 0.3) is 0 Å². The Balaban J connectivity index is 4.37. The zero-order valence-corrected chi connectivity index (χ0v) is 48.7. The quantitative estimate of drug-likeness (QED) is 0.0261. The highest BCUT2D eigenvalue weighted by molar-refractivity contribution is 5.71. The molecule has 0 spiro atoms. The molecule has 0 radical (unpaired) electrons. The number of carbonyl (C=O) groups is 3. The van der Waals surface area contributed by atoms with Gasteiger partial charge in [-0.15, -0.1) is 0 Å². The highest BCUT2D eigenvalue weighted by Gasteiger charge is 2.19. The second-order valence-corrected chi connectivity index (χ2v) is 21.3. The topological polar surface area (TPSA) is 78.9 Å². The largest absolute Gasteiger partial charge is 0.462 e. The molecule has 0 aromatic heterocycles. The van der Waals surface area contributed by atoms with Crippen LogP contribution in [0.15, 0.2) is 60.8 Å². The van der Waals surface area contributed by atoms with E-state index in [2.05, 4.69) is 81.5 Å². The van der Waals surface area contributed by atoms with Crippen LogP contribution in [0, 0.1) is 0 Å². The summed E-state index contributed by atoms with van der Waals surface area (Å²) in [7, 11) is 0. The van der Waals surface area contributed by atoms with Crippen molar-refractivity contribution in [2.75, 3.05) is 13.2 Å². The Morgan fingerprint density at radius 1 is 0.274 bits per heavy atom. The minimum Gasteiger partial charge on any atom is -0.462 e. The Labute approximate surface area is 453 Å². The number of allylic oxidation sites excluding steroid dienone is 10. The van der Waals surface area contributed by atoms with Crippen molar-refractivity contribution in [1.82, 2.24) is 0 Å². The molecule has 424 valence electrons. The van der Waals surface area contributed by atoms with Crippen molar-refractivity contribution in [2.45, 2.75) is 335 Å². The first kappa shape index (κ1) is 70.1. The Hall–Kier alpha value is -2.89. The molecule has 0 aromatic carbocycles. The first-order chi connectivity index (χ1) is 36.0. The van der Waals surface area contributed by atoms with Gasteiger partial charge in [-0.3, -0.25) is 14.4 Å². The van der Waals surface area contributed by atoms with Crippen molar-refractivity contribution in [3.63, 3.8) is 0 Å². The number of hydrogen-bond acceptors (Lipinski definition) is 6. The van der Waals surface area contributed by atoms with E-state index in [1.807, 2.05) is 0 Å². The van der Waals surface area contributed by atoms with Gasteiger partial charge in [0.2, 0.25) is 0 Å². The van der Waals surface area contributed by atoms with Crippen LogP contribution in [-0.2, 0) is 28.6 Å². The summed E-state index contributed by atoms with van der Waals surface area (Å²) in [6.45, 7) is 6.62. The second kappa shape index (κ2) is 61.7. The standard InChI is InChI=1S/C67H120O6/c1-4-7-10-13-16-19-22-25-28-31-33-36-38-41-44-47-50-53-56-59-65(68)71-62-64(73-67(70)61-58-55-52-49-46-43-40-35-30-27-24-21-18-15-12-9-6-3)63-72-66(69)60-57-54-51-48-45-42-39-37-34-32-29-26-23-20-17-14-11-8-5-2/h16-17,19-20,25-30,64H,4-15,18,21-24,31-63H2,1-3H3/b19-16-,20-17-,28-25-,29-26-,30-27-. The lowest BCUT2D eigenvalue weighted by Gasteiger charge is -2.18. The van der Waals surface area contributed by atoms with Crippen molar-refractivity contribution in [3.05, 3.63) is 60.8 Å². The normalized spacial score (nSPS) is 12.1. The lowest BCUT2D eigenvalue weighted by Crippen LogP contribution is -2.30. The van der Waals surface area contributed by atoms with Crippen molar-refractivity contribution in [3.8, 4) is 0 Å². The van der Waals surface area contributed by atoms with Crippen LogP contribution in [-0.4, -0.2) is 37.2 Å². The number of hydrogen-bond donors (Lipinski definition) is 0. The zero-order chi connectivity index (χ0) is 52.9. The molecule has 0 fully saturated rings. The molecule has 6 nitrogen and oxygen atoms in total. The van der Waals surface area contributed by atoms with Crippen LogP contribution in [0.4, 0.5) is 0 Å². The molecule has 0 saturated carbocycles. The minimum absolute atomic E-state index is 0.0778. The molecule has 0 unspecified atom stereocenters. The van der Waals surface area contributed by atoms with Gasteiger partial charge < -0.3 is 14.2 Å². The maximum Gasteiger partial charge on any atom is 0.306 e. The Kier molecular flexibility index (Phi) is 59.2. The number of carbonyl (C=O) groups excluding carboxylic acids is 3. The van der Waals surface area contributed by atoms with Crippen molar-refractivity contribution in [2.24, 2.45) is 0 Å². The summed E-state index contributed by atoms with van der Waals surface area (Å²) < 4.78 is 16.9. The monoisotopic (exact) mass is 1020 g/mol. The summed E-state index contributed by atoms with van der Waals surface area (Å²) in [4.78, 5) is 38.3. The second-order valence-electron chi connectivity index (χ2n) is 21.3. The molecule has 0 N–H and O–H groups in total. The van der Waals surface area contributed by atoms with Crippen LogP contribution < -0.4 is 0 Å². The number of unbranched alkanes of at least 4 members (excludes halogenated alkanes) is 37. The van der Waals surface area contributed by atoms with E-state index in [0.29, 0.717) is 19.3 Å². The van der Waals surface area contributed by atoms with E-state index in [1.165, 1.54) is 218 Å². The van der Waals surface area contributed by atoms with E-state index in [-0.39, 0.29) is 31.1 Å². The summed E-state index contributed by atoms with van der Waals surface area (Å²) in [5, 5.41) is 0. The SMILES string of the molecule is CCCCC/C=C\C/C=C\CCCCCCCCCCCC(=O)OCC(COC(=O)CCCCCCCCCCC/C=C\C/C=C\CCCCC)OC(=O)CCCCCCCCC/C=C\CCCCCCCC. The average molecular weight is 1020 g/mol. The van der Waals surface area contributed by atoms with E-state index >= 15 is 0 Å². The van der Waals surface area contributed by atoms with E-state index in [0.717, 1.165) is 70.6 Å². The predicted molar refractivity (Wildman–Crippen MR) is 316 cm³/mol. The molecule has 0 aromatic rings. The molecule has 0 aliphatic heterocycles. The van der Waals surface area contributed by atoms with Gasteiger partial charge in [-0.2, -0.15) is 0 Å². The van der Waals surface area contributed by atoms with Gasteiger partial charge in [0, 0.05) is 19.3 Å². The molecule has 6 heteroatoms.